The molecule has 1 aliphatic heterocycles. The summed E-state index contributed by atoms with van der Waals surface area (Å²) >= 11 is 0. The first-order chi connectivity index (χ1) is 23.0. The predicted octanol–water partition coefficient (Wildman–Crippen LogP) is 6.92. The third kappa shape index (κ3) is 7.31. The van der Waals surface area contributed by atoms with E-state index in [1.165, 1.54) is 5.56 Å². The number of carboxylic acid groups (broad SMARTS) is 1. The maximum atomic E-state index is 14.1. The molecule has 2 heterocycles. The molecular formula is C37H33F3N4O4. The van der Waals surface area contributed by atoms with Gasteiger partial charge in [0.15, 0.2) is 0 Å². The number of carbonyl (C=O) groups excluding carboxylic acids is 2. The first kappa shape index (κ1) is 33.7. The Hall–Kier alpha value is -5.68. The molecule has 4 aromatic carbocycles. The van der Waals surface area contributed by atoms with Crippen LogP contribution < -0.4 is 10.6 Å². The lowest BCUT2D eigenvalue weighted by atomic mass is 9.93. The number of amides is 2. The van der Waals surface area contributed by atoms with Crippen LogP contribution in [0, 0.1) is 6.92 Å². The van der Waals surface area contributed by atoms with Gasteiger partial charge >= 0.3 is 12.1 Å². The van der Waals surface area contributed by atoms with E-state index < -0.39 is 12.1 Å². The smallest absolute Gasteiger partial charge is 0.475 e. The van der Waals surface area contributed by atoms with Crippen molar-refractivity contribution >= 4 is 29.2 Å². The summed E-state index contributed by atoms with van der Waals surface area (Å²) in [6.07, 6.45) is -2.52. The van der Waals surface area contributed by atoms with Gasteiger partial charge in [-0.05, 0) is 66.9 Å². The normalized spacial score (nSPS) is 13.9. The van der Waals surface area contributed by atoms with Gasteiger partial charge < -0.3 is 20.3 Å². The average molecular weight is 655 g/mol. The van der Waals surface area contributed by atoms with E-state index in [1.807, 2.05) is 126 Å². The molecule has 0 unspecified atom stereocenters. The number of aliphatic carboxylic acids is 1. The van der Waals surface area contributed by atoms with Crippen molar-refractivity contribution in [3.63, 3.8) is 0 Å². The molecule has 0 aliphatic carbocycles. The molecule has 6 rings (SSSR count). The van der Waals surface area contributed by atoms with Gasteiger partial charge in [0.1, 0.15) is 0 Å². The summed E-state index contributed by atoms with van der Waals surface area (Å²) in [5.74, 6) is -2.97. The Labute approximate surface area is 275 Å². The number of alkyl halides is 3. The summed E-state index contributed by atoms with van der Waals surface area (Å²) in [7, 11) is 0. The number of carbonyl (C=O) groups is 3. The fourth-order valence-corrected chi connectivity index (χ4v) is 5.67. The van der Waals surface area contributed by atoms with Crippen LogP contribution in [0.2, 0.25) is 0 Å². The molecule has 5 aromatic rings. The highest BCUT2D eigenvalue weighted by atomic mass is 19.4. The number of benzene rings is 4. The molecule has 2 amide bonds. The van der Waals surface area contributed by atoms with E-state index in [9.17, 15) is 22.8 Å². The van der Waals surface area contributed by atoms with Gasteiger partial charge in [-0.15, -0.1) is 0 Å². The topological polar surface area (TPSA) is 109 Å². The monoisotopic (exact) mass is 654 g/mol. The first-order valence-corrected chi connectivity index (χ1v) is 15.1. The van der Waals surface area contributed by atoms with Crippen molar-refractivity contribution in [2.24, 2.45) is 5.73 Å². The van der Waals surface area contributed by atoms with Crippen LogP contribution in [0.3, 0.4) is 0 Å². The Bertz CT molecular complexity index is 1870. The molecular weight excluding hydrogens is 621 g/mol. The lowest BCUT2D eigenvalue weighted by molar-refractivity contribution is -0.192. The Morgan fingerprint density at radius 2 is 1.35 bits per heavy atom. The van der Waals surface area contributed by atoms with Crippen LogP contribution in [0.4, 0.5) is 24.5 Å². The number of fused-ring (bicyclic) bond motifs is 1. The standard InChI is InChI=1S/C35H32N4O2.C2HF3O2/c1-25-20-28(34(40)39(29-14-4-2-5-15-29)30-16-6-3-7-17-30)24-37(25)33-19-11-10-18-32(33)35(41)38-23-27-13-9-8-12-26(27)21-31(38)22-36;3-2(4,5)1(6)7/h2-20,24,31H,21-23,36H2,1H3;(H,6,7)/t31-;/m0./s1. The van der Waals surface area contributed by atoms with Gasteiger partial charge in [-0.25, -0.2) is 4.79 Å². The van der Waals surface area contributed by atoms with Crippen LogP contribution in [-0.4, -0.2) is 51.1 Å². The van der Waals surface area contributed by atoms with E-state index >= 15 is 0 Å². The lowest BCUT2D eigenvalue weighted by Crippen LogP contribution is -2.48. The van der Waals surface area contributed by atoms with Gasteiger partial charge in [0.05, 0.1) is 16.8 Å². The largest absolute Gasteiger partial charge is 0.490 e. The molecule has 0 saturated heterocycles. The van der Waals surface area contributed by atoms with E-state index in [0.717, 1.165) is 34.7 Å². The lowest BCUT2D eigenvalue weighted by Gasteiger charge is -2.36. The molecule has 1 atom stereocenters. The van der Waals surface area contributed by atoms with Crippen molar-refractivity contribution in [3.05, 3.63) is 149 Å². The maximum Gasteiger partial charge on any atom is 0.490 e. The second-order valence-electron chi connectivity index (χ2n) is 11.2. The molecule has 0 radical (unpaired) electrons. The number of para-hydroxylation sites is 3. The SMILES string of the molecule is Cc1cc(C(=O)N(c2ccccc2)c2ccccc2)cn1-c1ccccc1C(=O)N1Cc2ccccc2C[C@H]1CN.O=C(O)C(F)(F)F. The summed E-state index contributed by atoms with van der Waals surface area (Å²) < 4.78 is 33.7. The number of carboxylic acids is 1. The third-order valence-corrected chi connectivity index (χ3v) is 8.02. The van der Waals surface area contributed by atoms with Crippen LogP contribution in [0.5, 0.6) is 0 Å². The number of hydrogen-bond acceptors (Lipinski definition) is 4. The van der Waals surface area contributed by atoms with Crippen LogP contribution in [-0.2, 0) is 17.8 Å². The van der Waals surface area contributed by atoms with E-state index in [-0.39, 0.29) is 17.9 Å². The summed E-state index contributed by atoms with van der Waals surface area (Å²) in [6.45, 7) is 2.86. The minimum absolute atomic E-state index is 0.0678. The molecule has 1 aliphatic rings. The Kier molecular flexibility index (Phi) is 10.1. The van der Waals surface area contributed by atoms with E-state index in [0.29, 0.717) is 24.2 Å². The van der Waals surface area contributed by atoms with Gasteiger partial charge in [-0.3, -0.25) is 14.5 Å². The second-order valence-corrected chi connectivity index (χ2v) is 11.2. The van der Waals surface area contributed by atoms with E-state index in [1.54, 1.807) is 4.90 Å². The van der Waals surface area contributed by atoms with Crippen molar-refractivity contribution < 1.29 is 32.7 Å². The van der Waals surface area contributed by atoms with Gasteiger partial charge in [0.2, 0.25) is 0 Å². The Morgan fingerprint density at radius 1 is 0.833 bits per heavy atom. The molecule has 48 heavy (non-hydrogen) atoms. The first-order valence-electron chi connectivity index (χ1n) is 15.1. The zero-order valence-electron chi connectivity index (χ0n) is 26.0. The predicted molar refractivity (Wildman–Crippen MR) is 176 cm³/mol. The quantitative estimate of drug-likeness (QED) is 0.207. The number of aromatic nitrogens is 1. The number of halogens is 3. The molecule has 3 N–H and O–H groups in total. The van der Waals surface area contributed by atoms with Gasteiger partial charge in [0, 0.05) is 42.4 Å². The second kappa shape index (κ2) is 14.4. The minimum Gasteiger partial charge on any atom is -0.475 e. The van der Waals surface area contributed by atoms with E-state index in [2.05, 4.69) is 12.1 Å². The Balaban J connectivity index is 0.000000582. The summed E-state index contributed by atoms with van der Waals surface area (Å²) in [5, 5.41) is 7.12. The molecule has 8 nitrogen and oxygen atoms in total. The number of rotatable bonds is 6. The van der Waals surface area contributed by atoms with Crippen molar-refractivity contribution in [1.29, 1.82) is 0 Å². The zero-order valence-corrected chi connectivity index (χ0v) is 26.0. The van der Waals surface area contributed by atoms with E-state index in [4.69, 9.17) is 15.6 Å². The molecule has 0 saturated carbocycles. The molecule has 0 bridgehead atoms. The molecule has 246 valence electrons. The summed E-state index contributed by atoms with van der Waals surface area (Å²) in [6, 6.07) is 36.8. The van der Waals surface area contributed by atoms with Crippen molar-refractivity contribution in [2.75, 3.05) is 11.4 Å². The number of nitrogens with two attached hydrogens (primary N) is 1. The highest BCUT2D eigenvalue weighted by Gasteiger charge is 2.38. The number of anilines is 2. The summed E-state index contributed by atoms with van der Waals surface area (Å²) in [4.78, 5) is 40.6. The third-order valence-electron chi connectivity index (χ3n) is 8.02. The van der Waals surface area contributed by atoms with Crippen molar-refractivity contribution in [3.8, 4) is 5.69 Å². The Morgan fingerprint density at radius 3 is 1.92 bits per heavy atom. The molecule has 11 heteroatoms. The number of hydrogen-bond donors (Lipinski definition) is 2. The van der Waals surface area contributed by atoms with Crippen LogP contribution in [0.25, 0.3) is 5.69 Å². The maximum absolute atomic E-state index is 14.1. The highest BCUT2D eigenvalue weighted by Crippen LogP contribution is 2.30. The van der Waals surface area contributed by atoms with Crippen molar-refractivity contribution in [1.82, 2.24) is 9.47 Å². The minimum atomic E-state index is -5.08. The fourth-order valence-electron chi connectivity index (χ4n) is 5.67. The number of nitrogens with zero attached hydrogens (tertiary/aromatic N) is 3. The molecule has 1 aromatic heterocycles. The fraction of sp³-hybridized carbons (Fsp3) is 0.162. The number of aryl methyl sites for hydroxylation is 1. The molecule has 0 spiro atoms. The molecule has 0 fully saturated rings. The van der Waals surface area contributed by atoms with Crippen LogP contribution in [0.15, 0.2) is 121 Å². The summed E-state index contributed by atoms with van der Waals surface area (Å²) in [5.41, 5.74) is 12.8. The van der Waals surface area contributed by atoms with Crippen molar-refractivity contribution in [2.45, 2.75) is 32.1 Å². The van der Waals surface area contributed by atoms with Gasteiger partial charge in [-0.2, -0.15) is 13.2 Å². The van der Waals surface area contributed by atoms with Gasteiger partial charge in [0.25, 0.3) is 11.8 Å². The van der Waals surface area contributed by atoms with Crippen LogP contribution in [0.1, 0.15) is 37.5 Å². The highest BCUT2D eigenvalue weighted by molar-refractivity contribution is 6.11. The zero-order chi connectivity index (χ0) is 34.4. The average Bonchev–Trinajstić information content (AvgIpc) is 3.49. The van der Waals surface area contributed by atoms with Crippen LogP contribution >= 0.6 is 0 Å². The van der Waals surface area contributed by atoms with Gasteiger partial charge in [-0.1, -0.05) is 72.8 Å².